The van der Waals surface area contributed by atoms with Gasteiger partial charge in [0, 0.05) is 15.8 Å². The normalized spacial score (nSPS) is 10.6. The molecule has 2 aromatic rings. The van der Waals surface area contributed by atoms with E-state index in [4.69, 9.17) is 9.84 Å². The summed E-state index contributed by atoms with van der Waals surface area (Å²) in [5.74, 6) is -0.756. The van der Waals surface area contributed by atoms with Crippen LogP contribution in [0.4, 0.5) is 5.69 Å². The molecule has 0 spiro atoms. The number of aliphatic carboxylic acids is 1. The molecule has 0 atom stereocenters. The van der Waals surface area contributed by atoms with Crippen LogP contribution in [0.1, 0.15) is 29.8 Å². The van der Waals surface area contributed by atoms with E-state index in [2.05, 4.69) is 19.2 Å². The lowest BCUT2D eigenvalue weighted by molar-refractivity contribution is -0.139. The Kier molecular flexibility index (Phi) is 6.47. The van der Waals surface area contributed by atoms with Crippen LogP contribution in [0.25, 0.3) is 0 Å². The minimum absolute atomic E-state index is 0.175. The second-order valence-corrected chi connectivity index (χ2v) is 7.39. The van der Waals surface area contributed by atoms with Crippen molar-refractivity contribution in [3.05, 3.63) is 53.6 Å². The van der Waals surface area contributed by atoms with Crippen molar-refractivity contribution >= 4 is 29.3 Å². The number of hydrogen-bond donors (Lipinski definition) is 2. The summed E-state index contributed by atoms with van der Waals surface area (Å²) >= 11 is 1.64. The molecule has 0 saturated heterocycles. The fourth-order valence-corrected chi connectivity index (χ4v) is 3.16. The summed E-state index contributed by atoms with van der Waals surface area (Å²) < 4.78 is 5.14. The van der Waals surface area contributed by atoms with Crippen molar-refractivity contribution in [3.63, 3.8) is 0 Å². The molecule has 0 heterocycles. The number of carboxylic acid groups (broad SMARTS) is 1. The number of anilines is 1. The van der Waals surface area contributed by atoms with Gasteiger partial charge in [-0.2, -0.15) is 0 Å². The number of rotatable bonds is 7. The highest BCUT2D eigenvalue weighted by atomic mass is 32.2. The summed E-state index contributed by atoms with van der Waals surface area (Å²) in [6.07, 6.45) is 0. The molecule has 0 aromatic heterocycles. The Morgan fingerprint density at radius 3 is 2.56 bits per heavy atom. The highest BCUT2D eigenvalue weighted by molar-refractivity contribution is 8.00. The predicted molar refractivity (Wildman–Crippen MR) is 99.7 cm³/mol. The van der Waals surface area contributed by atoms with Crippen molar-refractivity contribution in [2.75, 3.05) is 11.9 Å². The highest BCUT2D eigenvalue weighted by Crippen LogP contribution is 2.28. The van der Waals surface area contributed by atoms with Crippen LogP contribution in [0.2, 0.25) is 0 Å². The quantitative estimate of drug-likeness (QED) is 0.724. The molecule has 2 aromatic carbocycles. The van der Waals surface area contributed by atoms with E-state index in [1.165, 1.54) is 0 Å². The minimum atomic E-state index is -1.03. The number of carbonyl (C=O) groups excluding carboxylic acids is 1. The van der Waals surface area contributed by atoms with Crippen molar-refractivity contribution in [1.29, 1.82) is 0 Å². The van der Waals surface area contributed by atoms with Crippen LogP contribution < -0.4 is 10.1 Å². The summed E-state index contributed by atoms with van der Waals surface area (Å²) in [6, 6.07) is 12.6. The molecule has 132 valence electrons. The Hall–Kier alpha value is -2.47. The molecule has 1 amide bonds. The van der Waals surface area contributed by atoms with Crippen molar-refractivity contribution in [1.82, 2.24) is 0 Å². The monoisotopic (exact) mass is 359 g/mol. The number of nitrogens with one attached hydrogen (secondary N) is 1. The standard InChI is InChI=1S/C19H21NO4S/c1-12(2)25-17-7-5-4-6-15(17)19(23)20-16-9-8-14(10-13(16)3)24-11-18(21)22/h4-10,12H,11H2,1-3H3,(H,20,23)(H,21,22). The smallest absolute Gasteiger partial charge is 0.341 e. The lowest BCUT2D eigenvalue weighted by Crippen LogP contribution is -2.14. The maximum absolute atomic E-state index is 12.6. The van der Waals surface area contributed by atoms with Gasteiger partial charge in [-0.3, -0.25) is 4.79 Å². The van der Waals surface area contributed by atoms with Crippen molar-refractivity contribution < 1.29 is 19.4 Å². The number of aryl methyl sites for hydroxylation is 1. The second kappa shape index (κ2) is 8.58. The highest BCUT2D eigenvalue weighted by Gasteiger charge is 2.14. The molecule has 0 bridgehead atoms. The maximum atomic E-state index is 12.6. The third-order valence-electron chi connectivity index (χ3n) is 3.30. The van der Waals surface area contributed by atoms with Crippen molar-refractivity contribution in [2.45, 2.75) is 30.9 Å². The molecule has 0 aliphatic carbocycles. The van der Waals surface area contributed by atoms with Gasteiger partial charge in [-0.25, -0.2) is 4.79 Å². The zero-order chi connectivity index (χ0) is 18.4. The molecule has 0 saturated carbocycles. The summed E-state index contributed by atoms with van der Waals surface area (Å²) in [6.45, 7) is 5.60. The van der Waals surface area contributed by atoms with Gasteiger partial charge < -0.3 is 15.2 Å². The summed E-state index contributed by atoms with van der Waals surface area (Å²) in [5.41, 5.74) is 2.09. The lowest BCUT2D eigenvalue weighted by atomic mass is 10.1. The molecular weight excluding hydrogens is 338 g/mol. The van der Waals surface area contributed by atoms with E-state index < -0.39 is 12.6 Å². The number of amides is 1. The predicted octanol–water partition coefficient (Wildman–Crippen LogP) is 4.21. The molecule has 0 aliphatic rings. The van der Waals surface area contributed by atoms with Crippen LogP contribution in [0.15, 0.2) is 47.4 Å². The molecule has 0 unspecified atom stereocenters. The van der Waals surface area contributed by atoms with Gasteiger partial charge in [0.05, 0.1) is 5.56 Å². The molecule has 0 aliphatic heterocycles. The minimum Gasteiger partial charge on any atom is -0.482 e. The topological polar surface area (TPSA) is 75.6 Å². The third kappa shape index (κ3) is 5.53. The number of thioether (sulfide) groups is 1. The maximum Gasteiger partial charge on any atom is 0.341 e. The van der Waals surface area contributed by atoms with Crippen LogP contribution in [0.3, 0.4) is 0 Å². The van der Waals surface area contributed by atoms with Crippen LogP contribution in [0.5, 0.6) is 5.75 Å². The average molecular weight is 359 g/mol. The van der Waals surface area contributed by atoms with E-state index in [1.54, 1.807) is 36.0 Å². The molecule has 5 nitrogen and oxygen atoms in total. The number of benzene rings is 2. The zero-order valence-corrected chi connectivity index (χ0v) is 15.2. The van der Waals surface area contributed by atoms with Gasteiger partial charge in [0.1, 0.15) is 5.75 Å². The Morgan fingerprint density at radius 1 is 1.20 bits per heavy atom. The molecule has 6 heteroatoms. The Balaban J connectivity index is 2.14. The number of ether oxygens (including phenoxy) is 1. The average Bonchev–Trinajstić information content (AvgIpc) is 2.55. The molecule has 2 N–H and O–H groups in total. The van der Waals surface area contributed by atoms with Gasteiger partial charge in [0.15, 0.2) is 6.61 Å². The van der Waals surface area contributed by atoms with E-state index in [0.717, 1.165) is 10.5 Å². The van der Waals surface area contributed by atoms with Gasteiger partial charge in [0.2, 0.25) is 0 Å². The van der Waals surface area contributed by atoms with E-state index in [-0.39, 0.29) is 5.91 Å². The molecule has 0 fully saturated rings. The van der Waals surface area contributed by atoms with E-state index in [9.17, 15) is 9.59 Å². The molecule has 0 radical (unpaired) electrons. The van der Waals surface area contributed by atoms with Gasteiger partial charge >= 0.3 is 5.97 Å². The number of carboxylic acids is 1. The first-order valence-electron chi connectivity index (χ1n) is 7.89. The first kappa shape index (κ1) is 18.9. The number of carbonyl (C=O) groups is 2. The SMILES string of the molecule is Cc1cc(OCC(=O)O)ccc1NC(=O)c1ccccc1SC(C)C. The van der Waals surface area contributed by atoms with Crippen molar-refractivity contribution in [2.24, 2.45) is 0 Å². The fraction of sp³-hybridized carbons (Fsp3) is 0.263. The number of hydrogen-bond acceptors (Lipinski definition) is 4. The largest absolute Gasteiger partial charge is 0.482 e. The zero-order valence-electron chi connectivity index (χ0n) is 14.4. The Bertz CT molecular complexity index is 774. The van der Waals surface area contributed by atoms with Crippen LogP contribution in [-0.2, 0) is 4.79 Å². The van der Waals surface area contributed by atoms with Crippen LogP contribution in [-0.4, -0.2) is 28.8 Å². The van der Waals surface area contributed by atoms with Crippen LogP contribution >= 0.6 is 11.8 Å². The molecule has 25 heavy (non-hydrogen) atoms. The fourth-order valence-electron chi connectivity index (χ4n) is 2.21. The van der Waals surface area contributed by atoms with Gasteiger partial charge in [-0.05, 0) is 42.8 Å². The first-order valence-corrected chi connectivity index (χ1v) is 8.77. The van der Waals surface area contributed by atoms with Crippen LogP contribution in [0, 0.1) is 6.92 Å². The van der Waals surface area contributed by atoms with Gasteiger partial charge in [-0.1, -0.05) is 26.0 Å². The molecular formula is C19H21NO4S. The molecule has 2 rings (SSSR count). The van der Waals surface area contributed by atoms with Gasteiger partial charge in [-0.15, -0.1) is 11.8 Å². The van der Waals surface area contributed by atoms with Gasteiger partial charge in [0.25, 0.3) is 5.91 Å². The van der Waals surface area contributed by atoms with E-state index in [1.807, 2.05) is 25.1 Å². The summed E-state index contributed by atoms with van der Waals surface area (Å²) in [7, 11) is 0. The summed E-state index contributed by atoms with van der Waals surface area (Å²) in [4.78, 5) is 24.1. The third-order valence-corrected chi connectivity index (χ3v) is 4.38. The van der Waals surface area contributed by atoms with E-state index in [0.29, 0.717) is 22.3 Å². The Labute approximate surface area is 151 Å². The van der Waals surface area contributed by atoms with E-state index >= 15 is 0 Å². The lowest BCUT2D eigenvalue weighted by Gasteiger charge is -2.13. The second-order valence-electron chi connectivity index (χ2n) is 5.78. The first-order chi connectivity index (χ1) is 11.9. The van der Waals surface area contributed by atoms with Crippen molar-refractivity contribution in [3.8, 4) is 5.75 Å². The Morgan fingerprint density at radius 2 is 1.92 bits per heavy atom. The summed E-state index contributed by atoms with van der Waals surface area (Å²) in [5, 5.41) is 11.9.